The van der Waals surface area contributed by atoms with Gasteiger partial charge in [0.25, 0.3) is 5.91 Å². The molecular formula is C15H14N2O3. The summed E-state index contributed by atoms with van der Waals surface area (Å²) in [6, 6.07) is 9.61. The highest BCUT2D eigenvalue weighted by atomic mass is 16.3. The van der Waals surface area contributed by atoms with Crippen LogP contribution >= 0.6 is 0 Å². The fraction of sp³-hybridized carbons (Fsp3) is 0.133. The van der Waals surface area contributed by atoms with Crippen molar-refractivity contribution < 1.29 is 15.0 Å². The standard InChI is InChI=1S/C15H14N2O3/c16-10-4-5-11-9(8-10)6-7-17(11)15(20)14-12(18)2-1-3-13(14)19/h1-5,8,18-19H,6-7,16H2. The van der Waals surface area contributed by atoms with Gasteiger partial charge in [-0.3, -0.25) is 4.79 Å². The maximum absolute atomic E-state index is 12.5. The highest BCUT2D eigenvalue weighted by molar-refractivity contribution is 6.10. The molecule has 0 aromatic heterocycles. The summed E-state index contributed by atoms with van der Waals surface area (Å²) in [4.78, 5) is 14.1. The minimum Gasteiger partial charge on any atom is -0.507 e. The second kappa shape index (κ2) is 4.45. The van der Waals surface area contributed by atoms with E-state index in [9.17, 15) is 15.0 Å². The van der Waals surface area contributed by atoms with Crippen molar-refractivity contribution in [3.05, 3.63) is 47.5 Å². The average Bonchev–Trinajstić information content (AvgIpc) is 2.81. The Balaban J connectivity index is 2.02. The summed E-state index contributed by atoms with van der Waals surface area (Å²) in [5.41, 5.74) is 8.08. The molecule has 0 atom stereocenters. The Bertz CT molecular complexity index is 677. The summed E-state index contributed by atoms with van der Waals surface area (Å²) >= 11 is 0. The van der Waals surface area contributed by atoms with Crippen LogP contribution in [0.5, 0.6) is 11.5 Å². The number of nitrogens with zero attached hydrogens (tertiary/aromatic N) is 1. The molecule has 0 saturated carbocycles. The Hall–Kier alpha value is -2.69. The number of carbonyl (C=O) groups excluding carboxylic acids is 1. The number of rotatable bonds is 1. The number of aromatic hydroxyl groups is 2. The third kappa shape index (κ3) is 1.84. The second-order valence-electron chi connectivity index (χ2n) is 4.77. The fourth-order valence-corrected chi connectivity index (χ4v) is 2.52. The summed E-state index contributed by atoms with van der Waals surface area (Å²) < 4.78 is 0. The topological polar surface area (TPSA) is 86.8 Å². The Labute approximate surface area is 115 Å². The SMILES string of the molecule is Nc1ccc2c(c1)CCN2C(=O)c1c(O)cccc1O. The van der Waals surface area contributed by atoms with Gasteiger partial charge in [-0.25, -0.2) is 0 Å². The Morgan fingerprint density at radius 3 is 2.55 bits per heavy atom. The van der Waals surface area contributed by atoms with Gasteiger partial charge in [-0.15, -0.1) is 0 Å². The van der Waals surface area contributed by atoms with Crippen LogP contribution in [0.2, 0.25) is 0 Å². The molecule has 102 valence electrons. The lowest BCUT2D eigenvalue weighted by Gasteiger charge is -2.18. The lowest BCUT2D eigenvalue weighted by atomic mass is 10.1. The molecule has 1 amide bonds. The number of phenolic OH excluding ortho intramolecular Hbond substituents is 2. The van der Waals surface area contributed by atoms with Crippen LogP contribution in [0.25, 0.3) is 0 Å². The van der Waals surface area contributed by atoms with Gasteiger partial charge in [0, 0.05) is 17.9 Å². The molecule has 0 saturated heterocycles. The summed E-state index contributed by atoms with van der Waals surface area (Å²) in [6.45, 7) is 0.505. The molecule has 0 radical (unpaired) electrons. The monoisotopic (exact) mass is 270 g/mol. The first-order chi connectivity index (χ1) is 9.58. The molecule has 0 spiro atoms. The number of phenols is 2. The summed E-state index contributed by atoms with van der Waals surface area (Å²) in [5.74, 6) is -0.859. The van der Waals surface area contributed by atoms with E-state index in [1.54, 1.807) is 17.0 Å². The van der Waals surface area contributed by atoms with E-state index in [4.69, 9.17) is 5.73 Å². The van der Waals surface area contributed by atoms with Crippen molar-refractivity contribution >= 4 is 17.3 Å². The lowest BCUT2D eigenvalue weighted by molar-refractivity contribution is 0.0984. The number of hydrogen-bond acceptors (Lipinski definition) is 4. The van der Waals surface area contributed by atoms with E-state index < -0.39 is 5.91 Å². The lowest BCUT2D eigenvalue weighted by Crippen LogP contribution is -2.29. The molecule has 2 aromatic carbocycles. The number of benzene rings is 2. The molecule has 0 unspecified atom stereocenters. The number of hydrogen-bond donors (Lipinski definition) is 3. The van der Waals surface area contributed by atoms with Gasteiger partial charge >= 0.3 is 0 Å². The van der Waals surface area contributed by atoms with E-state index in [0.29, 0.717) is 18.7 Å². The maximum Gasteiger partial charge on any atom is 0.265 e. The van der Waals surface area contributed by atoms with Crippen LogP contribution in [0.15, 0.2) is 36.4 Å². The Morgan fingerprint density at radius 1 is 1.15 bits per heavy atom. The zero-order valence-corrected chi connectivity index (χ0v) is 10.7. The second-order valence-corrected chi connectivity index (χ2v) is 4.77. The van der Waals surface area contributed by atoms with Gasteiger partial charge in [-0.2, -0.15) is 0 Å². The molecule has 1 aliphatic rings. The van der Waals surface area contributed by atoms with Gasteiger partial charge < -0.3 is 20.8 Å². The minimum absolute atomic E-state index is 0.0721. The highest BCUT2D eigenvalue weighted by Crippen LogP contribution is 2.34. The minimum atomic E-state index is -0.413. The molecule has 0 fully saturated rings. The van der Waals surface area contributed by atoms with Gasteiger partial charge in [0.1, 0.15) is 17.1 Å². The molecule has 5 heteroatoms. The average molecular weight is 270 g/mol. The van der Waals surface area contributed by atoms with E-state index in [1.807, 2.05) is 6.07 Å². The first-order valence-electron chi connectivity index (χ1n) is 6.29. The molecule has 1 heterocycles. The maximum atomic E-state index is 12.5. The fourth-order valence-electron chi connectivity index (χ4n) is 2.52. The van der Waals surface area contributed by atoms with Gasteiger partial charge in [0.05, 0.1) is 0 Å². The number of amides is 1. The predicted octanol–water partition coefficient (Wildman–Crippen LogP) is 1.88. The highest BCUT2D eigenvalue weighted by Gasteiger charge is 2.28. The first-order valence-corrected chi connectivity index (χ1v) is 6.29. The quantitative estimate of drug-likeness (QED) is 0.690. The predicted molar refractivity (Wildman–Crippen MR) is 76.0 cm³/mol. The molecule has 0 bridgehead atoms. The third-order valence-corrected chi connectivity index (χ3v) is 3.48. The van der Waals surface area contributed by atoms with Crippen molar-refractivity contribution in [3.63, 3.8) is 0 Å². The van der Waals surface area contributed by atoms with Crippen LogP contribution in [0.1, 0.15) is 15.9 Å². The van der Waals surface area contributed by atoms with E-state index in [2.05, 4.69) is 0 Å². The zero-order valence-electron chi connectivity index (χ0n) is 10.7. The van der Waals surface area contributed by atoms with E-state index in [0.717, 1.165) is 11.3 Å². The van der Waals surface area contributed by atoms with E-state index in [1.165, 1.54) is 18.2 Å². The van der Waals surface area contributed by atoms with E-state index >= 15 is 0 Å². The molecule has 0 aliphatic carbocycles. The van der Waals surface area contributed by atoms with Gasteiger partial charge in [0.2, 0.25) is 0 Å². The normalized spacial score (nSPS) is 13.3. The molecular weight excluding hydrogens is 256 g/mol. The van der Waals surface area contributed by atoms with Crippen molar-refractivity contribution in [2.24, 2.45) is 0 Å². The van der Waals surface area contributed by atoms with Crippen LogP contribution in [0, 0.1) is 0 Å². The largest absolute Gasteiger partial charge is 0.507 e. The van der Waals surface area contributed by atoms with Crippen LogP contribution in [-0.2, 0) is 6.42 Å². The summed E-state index contributed by atoms with van der Waals surface area (Å²) in [6.07, 6.45) is 0.709. The molecule has 2 aromatic rings. The summed E-state index contributed by atoms with van der Waals surface area (Å²) in [5, 5.41) is 19.6. The molecule has 3 rings (SSSR count). The first kappa shape index (κ1) is 12.3. The van der Waals surface area contributed by atoms with Crippen molar-refractivity contribution in [2.45, 2.75) is 6.42 Å². The van der Waals surface area contributed by atoms with Gasteiger partial charge in [-0.1, -0.05) is 6.07 Å². The van der Waals surface area contributed by atoms with Crippen molar-refractivity contribution in [2.75, 3.05) is 17.2 Å². The van der Waals surface area contributed by atoms with Crippen LogP contribution in [-0.4, -0.2) is 22.7 Å². The van der Waals surface area contributed by atoms with Crippen molar-refractivity contribution in [3.8, 4) is 11.5 Å². The number of nitrogen functional groups attached to an aromatic ring is 1. The van der Waals surface area contributed by atoms with Gasteiger partial charge in [0.15, 0.2) is 0 Å². The zero-order chi connectivity index (χ0) is 14.3. The number of carbonyl (C=O) groups is 1. The van der Waals surface area contributed by atoms with E-state index in [-0.39, 0.29) is 17.1 Å². The van der Waals surface area contributed by atoms with Crippen molar-refractivity contribution in [1.29, 1.82) is 0 Å². The molecule has 5 nitrogen and oxygen atoms in total. The Morgan fingerprint density at radius 2 is 1.85 bits per heavy atom. The van der Waals surface area contributed by atoms with Crippen LogP contribution < -0.4 is 10.6 Å². The molecule has 20 heavy (non-hydrogen) atoms. The van der Waals surface area contributed by atoms with Crippen LogP contribution in [0.3, 0.4) is 0 Å². The molecule has 1 aliphatic heterocycles. The Kier molecular flexibility index (Phi) is 2.75. The number of anilines is 2. The van der Waals surface area contributed by atoms with Gasteiger partial charge in [-0.05, 0) is 42.3 Å². The van der Waals surface area contributed by atoms with Crippen molar-refractivity contribution in [1.82, 2.24) is 0 Å². The van der Waals surface area contributed by atoms with Crippen LogP contribution in [0.4, 0.5) is 11.4 Å². The number of nitrogens with two attached hydrogens (primary N) is 1. The number of fused-ring (bicyclic) bond motifs is 1. The smallest absolute Gasteiger partial charge is 0.265 e. The summed E-state index contributed by atoms with van der Waals surface area (Å²) in [7, 11) is 0. The molecule has 4 N–H and O–H groups in total. The third-order valence-electron chi connectivity index (χ3n) is 3.48.